The van der Waals surface area contributed by atoms with E-state index in [1.54, 1.807) is 0 Å². The third kappa shape index (κ3) is 3.56. The molecule has 30 heavy (non-hydrogen) atoms. The molecule has 170 valence electrons. The first-order chi connectivity index (χ1) is 14.3. The molecular formula is C22H35F3N4O. The standard InChI is InChI=1S/C22H35F3N4O/c1-28-12-26-27-20(28)16-9-8-15(16)13-4-2-5-14(10-13)29-11-18-17(21(29)30)6-3-7-19(18)22(23,24)25/h13-20,26-27H,2-12H2,1H3/t13?,14?,15-,16-,17?,18?,19?,20?/m0/s1. The van der Waals surface area contributed by atoms with Crippen LogP contribution in [0.1, 0.15) is 57.8 Å². The second-order valence-electron chi connectivity index (χ2n) is 10.5. The van der Waals surface area contributed by atoms with Crippen LogP contribution in [0.2, 0.25) is 0 Å². The fourth-order valence-electron chi connectivity index (χ4n) is 7.41. The van der Waals surface area contributed by atoms with Crippen LogP contribution in [0.25, 0.3) is 0 Å². The molecule has 2 N–H and O–H groups in total. The molecule has 0 aromatic heterocycles. The highest BCUT2D eigenvalue weighted by Gasteiger charge is 2.56. The topological polar surface area (TPSA) is 47.6 Å². The summed E-state index contributed by atoms with van der Waals surface area (Å²) in [7, 11) is 2.14. The average Bonchev–Trinajstić information content (AvgIpc) is 3.24. The fraction of sp³-hybridized carbons (Fsp3) is 0.955. The van der Waals surface area contributed by atoms with E-state index < -0.39 is 23.9 Å². The summed E-state index contributed by atoms with van der Waals surface area (Å²) in [5.41, 5.74) is 6.64. The van der Waals surface area contributed by atoms with Gasteiger partial charge in [-0.2, -0.15) is 13.2 Å². The molecular weight excluding hydrogens is 393 g/mol. The lowest BCUT2D eigenvalue weighted by Crippen LogP contribution is -2.52. The van der Waals surface area contributed by atoms with Crippen LogP contribution < -0.4 is 10.9 Å². The minimum atomic E-state index is -4.18. The highest BCUT2D eigenvalue weighted by molar-refractivity contribution is 5.82. The molecule has 5 nitrogen and oxygen atoms in total. The summed E-state index contributed by atoms with van der Waals surface area (Å²) in [5.74, 6) is -0.318. The Hall–Kier alpha value is -0.860. The quantitative estimate of drug-likeness (QED) is 0.724. The van der Waals surface area contributed by atoms with Crippen LogP contribution >= 0.6 is 0 Å². The Kier molecular flexibility index (Phi) is 5.55. The highest BCUT2D eigenvalue weighted by Crippen LogP contribution is 2.51. The zero-order chi connectivity index (χ0) is 21.0. The van der Waals surface area contributed by atoms with E-state index in [2.05, 4.69) is 22.8 Å². The summed E-state index contributed by atoms with van der Waals surface area (Å²) in [6.07, 6.45) is 4.24. The van der Waals surface area contributed by atoms with Crippen molar-refractivity contribution < 1.29 is 18.0 Å². The number of alkyl halides is 3. The molecule has 2 aliphatic heterocycles. The number of nitrogens with one attached hydrogen (secondary N) is 2. The van der Waals surface area contributed by atoms with Crippen molar-refractivity contribution >= 4 is 5.91 Å². The number of halogens is 3. The van der Waals surface area contributed by atoms with Gasteiger partial charge in [0, 0.05) is 18.5 Å². The van der Waals surface area contributed by atoms with Gasteiger partial charge in [-0.3, -0.25) is 9.69 Å². The number of hydrogen-bond acceptors (Lipinski definition) is 4. The van der Waals surface area contributed by atoms with E-state index in [1.165, 1.54) is 19.3 Å². The van der Waals surface area contributed by atoms with Gasteiger partial charge in [-0.05, 0) is 69.2 Å². The third-order valence-corrected chi connectivity index (χ3v) is 9.07. The summed E-state index contributed by atoms with van der Waals surface area (Å²) < 4.78 is 40.7. The number of rotatable bonds is 3. The lowest BCUT2D eigenvalue weighted by atomic mass is 9.61. The van der Waals surface area contributed by atoms with Gasteiger partial charge in [0.05, 0.1) is 18.8 Å². The normalized spacial score (nSPS) is 45.5. The number of carbonyl (C=O) groups is 1. The maximum Gasteiger partial charge on any atom is 0.392 e. The largest absolute Gasteiger partial charge is 0.392 e. The number of amides is 1. The Bertz CT molecular complexity index is 659. The van der Waals surface area contributed by atoms with Crippen LogP contribution in [0.5, 0.6) is 0 Å². The van der Waals surface area contributed by atoms with E-state index in [0.29, 0.717) is 43.3 Å². The minimum Gasteiger partial charge on any atom is -0.339 e. The molecule has 5 aliphatic rings. The Morgan fingerprint density at radius 1 is 0.967 bits per heavy atom. The number of hydrazine groups is 1. The van der Waals surface area contributed by atoms with E-state index in [4.69, 9.17) is 0 Å². The van der Waals surface area contributed by atoms with Gasteiger partial charge in [0.15, 0.2) is 0 Å². The van der Waals surface area contributed by atoms with Gasteiger partial charge >= 0.3 is 6.18 Å². The molecule has 6 unspecified atom stereocenters. The summed E-state index contributed by atoms with van der Waals surface area (Å²) >= 11 is 0. The lowest BCUT2D eigenvalue weighted by molar-refractivity contribution is -0.198. The molecule has 3 aliphatic carbocycles. The smallest absolute Gasteiger partial charge is 0.339 e. The van der Waals surface area contributed by atoms with E-state index in [-0.39, 0.29) is 18.4 Å². The van der Waals surface area contributed by atoms with E-state index >= 15 is 0 Å². The summed E-state index contributed by atoms with van der Waals surface area (Å²) in [6.45, 7) is 1.18. The summed E-state index contributed by atoms with van der Waals surface area (Å²) in [6, 6.07) is 0.143. The van der Waals surface area contributed by atoms with Crippen molar-refractivity contribution in [2.75, 3.05) is 20.3 Å². The predicted molar refractivity (Wildman–Crippen MR) is 107 cm³/mol. The van der Waals surface area contributed by atoms with Crippen LogP contribution in [0.4, 0.5) is 13.2 Å². The van der Waals surface area contributed by atoms with Gasteiger partial charge in [-0.25, -0.2) is 10.9 Å². The number of fused-ring (bicyclic) bond motifs is 1. The molecule has 0 aromatic carbocycles. The first-order valence-electron chi connectivity index (χ1n) is 11.9. The van der Waals surface area contributed by atoms with Crippen molar-refractivity contribution in [2.45, 2.75) is 76.2 Å². The summed E-state index contributed by atoms with van der Waals surface area (Å²) in [5, 5.41) is 0. The molecule has 5 rings (SSSR count). The van der Waals surface area contributed by atoms with Crippen LogP contribution in [0.15, 0.2) is 0 Å². The first-order valence-corrected chi connectivity index (χ1v) is 11.9. The first kappa shape index (κ1) is 21.0. The molecule has 0 spiro atoms. The van der Waals surface area contributed by atoms with Gasteiger partial charge in [-0.1, -0.05) is 19.3 Å². The fourth-order valence-corrected chi connectivity index (χ4v) is 7.41. The van der Waals surface area contributed by atoms with Crippen LogP contribution in [-0.4, -0.2) is 54.4 Å². The van der Waals surface area contributed by atoms with Gasteiger partial charge < -0.3 is 4.90 Å². The molecule has 3 saturated carbocycles. The van der Waals surface area contributed by atoms with Gasteiger partial charge in [0.1, 0.15) is 0 Å². The van der Waals surface area contributed by atoms with Gasteiger partial charge in [0.25, 0.3) is 0 Å². The van der Waals surface area contributed by atoms with E-state index in [0.717, 1.165) is 25.9 Å². The summed E-state index contributed by atoms with van der Waals surface area (Å²) in [4.78, 5) is 17.3. The Morgan fingerprint density at radius 2 is 1.73 bits per heavy atom. The Morgan fingerprint density at radius 3 is 2.40 bits per heavy atom. The second-order valence-corrected chi connectivity index (χ2v) is 10.5. The average molecular weight is 429 g/mol. The minimum absolute atomic E-state index is 0.0196. The molecule has 2 heterocycles. The third-order valence-electron chi connectivity index (χ3n) is 9.07. The number of nitrogens with zero attached hydrogens (tertiary/aromatic N) is 2. The van der Waals surface area contributed by atoms with Crippen molar-refractivity contribution in [2.24, 2.45) is 35.5 Å². The zero-order valence-corrected chi connectivity index (χ0v) is 17.8. The number of carbonyl (C=O) groups excluding carboxylic acids is 1. The SMILES string of the molecule is CN1CNNC1[C@H]1CC[C@H]1C1CCCC(N2CC3C(CCCC3C(F)(F)F)C2=O)C1. The zero-order valence-electron chi connectivity index (χ0n) is 17.8. The van der Waals surface area contributed by atoms with Crippen molar-refractivity contribution in [3.8, 4) is 0 Å². The number of likely N-dealkylation sites (tertiary alicyclic amines) is 1. The highest BCUT2D eigenvalue weighted by atomic mass is 19.4. The maximum absolute atomic E-state index is 13.6. The molecule has 0 radical (unpaired) electrons. The van der Waals surface area contributed by atoms with Crippen molar-refractivity contribution in [1.82, 2.24) is 20.7 Å². The molecule has 5 fully saturated rings. The second kappa shape index (κ2) is 7.93. The van der Waals surface area contributed by atoms with E-state index in [9.17, 15) is 18.0 Å². The van der Waals surface area contributed by atoms with Crippen LogP contribution in [0.3, 0.4) is 0 Å². The van der Waals surface area contributed by atoms with Crippen LogP contribution in [0, 0.1) is 35.5 Å². The van der Waals surface area contributed by atoms with Crippen molar-refractivity contribution in [3.05, 3.63) is 0 Å². The predicted octanol–water partition coefficient (Wildman–Crippen LogP) is 3.33. The molecule has 2 saturated heterocycles. The molecule has 0 bridgehead atoms. The molecule has 0 aromatic rings. The molecule has 1 amide bonds. The molecule has 8 heteroatoms. The lowest BCUT2D eigenvalue weighted by Gasteiger charge is -2.49. The van der Waals surface area contributed by atoms with Gasteiger partial charge in [0.2, 0.25) is 5.91 Å². The Labute approximate surface area is 177 Å². The van der Waals surface area contributed by atoms with Gasteiger partial charge in [-0.15, -0.1) is 0 Å². The Balaban J connectivity index is 1.26. The maximum atomic E-state index is 13.6. The monoisotopic (exact) mass is 428 g/mol. The molecule has 8 atom stereocenters. The van der Waals surface area contributed by atoms with Crippen molar-refractivity contribution in [3.63, 3.8) is 0 Å². The number of hydrogen-bond donors (Lipinski definition) is 2. The van der Waals surface area contributed by atoms with Crippen molar-refractivity contribution in [1.29, 1.82) is 0 Å². The van der Waals surface area contributed by atoms with Crippen LogP contribution in [-0.2, 0) is 4.79 Å². The van der Waals surface area contributed by atoms with E-state index in [1.807, 2.05) is 4.90 Å².